The normalized spacial score (nSPS) is 11.6. The zero-order chi connectivity index (χ0) is 18.2. The molecule has 0 aliphatic rings. The lowest BCUT2D eigenvalue weighted by atomic mass is 10.1. The number of hydrogen-bond acceptors (Lipinski definition) is 5. The average molecular weight is 376 g/mol. The highest BCUT2D eigenvalue weighted by Crippen LogP contribution is 2.32. The number of aliphatic hydroxyl groups excluding tert-OH is 1. The van der Waals surface area contributed by atoms with E-state index < -0.39 is 0 Å². The number of nitrogens with zero attached hydrogens (tertiary/aromatic N) is 2. The fourth-order valence-electron chi connectivity index (χ4n) is 3.18. The molecule has 3 aromatic heterocycles. The van der Waals surface area contributed by atoms with Gasteiger partial charge in [0.1, 0.15) is 5.76 Å². The number of thioether (sulfide) groups is 1. The molecule has 3 N–H and O–H groups in total. The van der Waals surface area contributed by atoms with Gasteiger partial charge in [0.2, 0.25) is 5.16 Å². The first-order chi connectivity index (χ1) is 13.3. The highest BCUT2D eigenvalue weighted by atomic mass is 32.2. The number of benzene rings is 2. The molecular formula is C20H16N4O2S. The smallest absolute Gasteiger partial charge is 0.208 e. The molecule has 7 heteroatoms. The van der Waals surface area contributed by atoms with Crippen LogP contribution in [0.3, 0.4) is 0 Å². The van der Waals surface area contributed by atoms with Crippen LogP contribution in [0, 0.1) is 0 Å². The molecule has 5 aromatic rings. The summed E-state index contributed by atoms with van der Waals surface area (Å²) >= 11 is 1.39. The number of aliphatic hydroxyl groups is 1. The van der Waals surface area contributed by atoms with Crippen LogP contribution in [0.15, 0.2) is 64.2 Å². The summed E-state index contributed by atoms with van der Waals surface area (Å²) in [6.07, 6.45) is 0. The predicted molar refractivity (Wildman–Crippen MR) is 107 cm³/mol. The van der Waals surface area contributed by atoms with Crippen molar-refractivity contribution in [2.45, 2.75) is 5.16 Å². The van der Waals surface area contributed by atoms with Crippen LogP contribution < -0.4 is 0 Å². The van der Waals surface area contributed by atoms with E-state index in [2.05, 4.69) is 44.4 Å². The Labute approximate surface area is 158 Å². The van der Waals surface area contributed by atoms with Gasteiger partial charge in [-0.25, -0.2) is 0 Å². The van der Waals surface area contributed by atoms with Gasteiger partial charge in [-0.15, -0.1) is 5.10 Å². The number of aromatic amines is 2. The average Bonchev–Trinajstić information content (AvgIpc) is 3.43. The number of nitrogens with one attached hydrogen (secondary N) is 2. The molecule has 0 saturated heterocycles. The minimum Gasteiger partial charge on any atom is -0.453 e. The molecule has 0 bridgehead atoms. The highest BCUT2D eigenvalue weighted by molar-refractivity contribution is 7.99. The number of rotatable bonds is 5. The predicted octanol–water partition coefficient (Wildman–Crippen LogP) is 4.45. The second-order valence-electron chi connectivity index (χ2n) is 6.13. The van der Waals surface area contributed by atoms with Crippen LogP contribution in [0.1, 0.15) is 0 Å². The molecule has 6 nitrogen and oxygen atoms in total. The van der Waals surface area contributed by atoms with Crippen LogP contribution in [-0.2, 0) is 0 Å². The number of aromatic nitrogens is 4. The number of H-pyrrole nitrogens is 2. The Morgan fingerprint density at radius 3 is 2.74 bits per heavy atom. The lowest BCUT2D eigenvalue weighted by Gasteiger charge is -1.98. The minimum atomic E-state index is 0.0930. The second-order valence-corrected chi connectivity index (χ2v) is 7.20. The Morgan fingerprint density at radius 2 is 1.81 bits per heavy atom. The summed E-state index contributed by atoms with van der Waals surface area (Å²) < 4.78 is 6.01. The molecule has 5 rings (SSSR count). The van der Waals surface area contributed by atoms with Gasteiger partial charge in [-0.2, -0.15) is 4.98 Å². The molecule has 134 valence electrons. The largest absolute Gasteiger partial charge is 0.453 e. The molecule has 3 heterocycles. The Bertz CT molecular complexity index is 1240. The van der Waals surface area contributed by atoms with Crippen molar-refractivity contribution < 1.29 is 9.52 Å². The van der Waals surface area contributed by atoms with Gasteiger partial charge >= 0.3 is 0 Å². The third-order valence-electron chi connectivity index (χ3n) is 4.42. The number of fused-ring (bicyclic) bond motifs is 3. The van der Waals surface area contributed by atoms with Crippen molar-refractivity contribution in [3.8, 4) is 22.9 Å². The fourth-order valence-corrected chi connectivity index (χ4v) is 3.72. The van der Waals surface area contributed by atoms with E-state index in [0.717, 1.165) is 22.4 Å². The van der Waals surface area contributed by atoms with Gasteiger partial charge in [0.15, 0.2) is 11.6 Å². The molecule has 0 amide bonds. The zero-order valence-electron chi connectivity index (χ0n) is 14.3. The molecule has 0 saturated carbocycles. The Kier molecular flexibility index (Phi) is 3.95. The molecule has 0 unspecified atom stereocenters. The van der Waals surface area contributed by atoms with Crippen molar-refractivity contribution >= 4 is 33.6 Å². The van der Waals surface area contributed by atoms with E-state index in [1.54, 1.807) is 0 Å². The van der Waals surface area contributed by atoms with Gasteiger partial charge in [-0.05, 0) is 36.4 Å². The first-order valence-electron chi connectivity index (χ1n) is 8.59. The topological polar surface area (TPSA) is 90.7 Å². The first-order valence-corrected chi connectivity index (χ1v) is 9.57. The van der Waals surface area contributed by atoms with E-state index in [-0.39, 0.29) is 6.61 Å². The number of furan rings is 1. The molecular weight excluding hydrogens is 360 g/mol. The summed E-state index contributed by atoms with van der Waals surface area (Å²) in [5, 5.41) is 18.9. The van der Waals surface area contributed by atoms with E-state index in [1.165, 1.54) is 22.5 Å². The summed E-state index contributed by atoms with van der Waals surface area (Å²) in [7, 11) is 0. The van der Waals surface area contributed by atoms with E-state index >= 15 is 0 Å². The van der Waals surface area contributed by atoms with E-state index in [9.17, 15) is 0 Å². The molecule has 27 heavy (non-hydrogen) atoms. The molecule has 0 fully saturated rings. The third kappa shape index (κ3) is 2.90. The van der Waals surface area contributed by atoms with Gasteiger partial charge in [-0.3, -0.25) is 5.10 Å². The monoisotopic (exact) mass is 376 g/mol. The van der Waals surface area contributed by atoms with Gasteiger partial charge in [-0.1, -0.05) is 30.0 Å². The van der Waals surface area contributed by atoms with E-state index in [4.69, 9.17) is 9.52 Å². The fraction of sp³-hybridized carbons (Fsp3) is 0.100. The SMILES string of the molecule is OCCSc1n[nH]c(-c2ccc(-c3ccc4[nH]c5ccccc5c4c3)o2)n1. The maximum absolute atomic E-state index is 8.90. The summed E-state index contributed by atoms with van der Waals surface area (Å²) in [5.74, 6) is 2.55. The van der Waals surface area contributed by atoms with Crippen LogP contribution in [0.4, 0.5) is 0 Å². The van der Waals surface area contributed by atoms with Crippen LogP contribution in [-0.4, -0.2) is 37.6 Å². The van der Waals surface area contributed by atoms with Gasteiger partial charge < -0.3 is 14.5 Å². The highest BCUT2D eigenvalue weighted by Gasteiger charge is 2.13. The molecule has 0 radical (unpaired) electrons. The molecule has 0 aliphatic carbocycles. The van der Waals surface area contributed by atoms with Crippen molar-refractivity contribution in [3.05, 3.63) is 54.6 Å². The Balaban J connectivity index is 1.50. The quantitative estimate of drug-likeness (QED) is 0.394. The van der Waals surface area contributed by atoms with Gasteiger partial charge in [0, 0.05) is 33.1 Å². The van der Waals surface area contributed by atoms with Crippen molar-refractivity contribution in [2.75, 3.05) is 12.4 Å². The summed E-state index contributed by atoms with van der Waals surface area (Å²) in [4.78, 5) is 7.83. The zero-order valence-corrected chi connectivity index (χ0v) is 15.1. The van der Waals surface area contributed by atoms with Crippen molar-refractivity contribution in [1.29, 1.82) is 0 Å². The summed E-state index contributed by atoms with van der Waals surface area (Å²) in [6.45, 7) is 0.0930. The Morgan fingerprint density at radius 1 is 0.963 bits per heavy atom. The van der Waals surface area contributed by atoms with Gasteiger partial charge in [0.05, 0.1) is 6.61 Å². The Hall–Kier alpha value is -3.03. The van der Waals surface area contributed by atoms with Crippen molar-refractivity contribution in [1.82, 2.24) is 20.2 Å². The molecule has 0 spiro atoms. The third-order valence-corrected chi connectivity index (χ3v) is 5.24. The van der Waals surface area contributed by atoms with Gasteiger partial charge in [0.25, 0.3) is 0 Å². The molecule has 0 atom stereocenters. The standard InChI is InChI=1S/C20H16N4O2S/c25-9-10-27-20-22-19(23-24-20)18-8-7-17(26-18)12-5-6-16-14(11-12)13-3-1-2-4-15(13)21-16/h1-8,11,21,25H,9-10H2,(H,22,23,24). The van der Waals surface area contributed by atoms with Crippen LogP contribution in [0.5, 0.6) is 0 Å². The second kappa shape index (κ2) is 6.61. The molecule has 2 aromatic carbocycles. The van der Waals surface area contributed by atoms with Crippen LogP contribution in [0.2, 0.25) is 0 Å². The summed E-state index contributed by atoms with van der Waals surface area (Å²) in [6, 6.07) is 18.4. The maximum atomic E-state index is 8.90. The maximum Gasteiger partial charge on any atom is 0.208 e. The van der Waals surface area contributed by atoms with Crippen LogP contribution in [0.25, 0.3) is 44.7 Å². The number of para-hydroxylation sites is 1. The van der Waals surface area contributed by atoms with Crippen molar-refractivity contribution in [2.24, 2.45) is 0 Å². The number of hydrogen-bond donors (Lipinski definition) is 3. The molecule has 0 aliphatic heterocycles. The summed E-state index contributed by atoms with van der Waals surface area (Å²) in [5.41, 5.74) is 3.24. The van der Waals surface area contributed by atoms with E-state index in [1.807, 2.05) is 30.3 Å². The van der Waals surface area contributed by atoms with Crippen molar-refractivity contribution in [3.63, 3.8) is 0 Å². The lowest BCUT2D eigenvalue weighted by Crippen LogP contribution is -1.86. The lowest BCUT2D eigenvalue weighted by molar-refractivity contribution is 0.322. The minimum absolute atomic E-state index is 0.0930. The van der Waals surface area contributed by atoms with Crippen LogP contribution >= 0.6 is 11.8 Å². The van der Waals surface area contributed by atoms with E-state index in [0.29, 0.717) is 22.5 Å². The first kappa shape index (κ1) is 16.2.